The van der Waals surface area contributed by atoms with Gasteiger partial charge in [-0.3, -0.25) is 4.79 Å². The van der Waals surface area contributed by atoms with Crippen molar-refractivity contribution in [1.29, 1.82) is 0 Å². The highest BCUT2D eigenvalue weighted by molar-refractivity contribution is 5.77. The molecule has 3 N–H and O–H groups in total. The summed E-state index contributed by atoms with van der Waals surface area (Å²) in [5.74, 6) is 0.417. The molecule has 3 nitrogen and oxygen atoms in total. The molecular weight excluding hydrogens is 188 g/mol. The Balaban J connectivity index is 2.53. The lowest BCUT2D eigenvalue weighted by molar-refractivity contribution is -0.119. The second-order valence-corrected chi connectivity index (χ2v) is 3.88. The van der Waals surface area contributed by atoms with Crippen LogP contribution in [-0.4, -0.2) is 12.5 Å². The second kappa shape index (κ2) is 5.51. The quantitative estimate of drug-likeness (QED) is 0.782. The van der Waals surface area contributed by atoms with Gasteiger partial charge in [-0.05, 0) is 17.0 Å². The molecule has 0 bridgehead atoms. The van der Waals surface area contributed by atoms with Gasteiger partial charge in [0.2, 0.25) is 5.91 Å². The Morgan fingerprint density at radius 3 is 2.40 bits per heavy atom. The highest BCUT2D eigenvalue weighted by Crippen LogP contribution is 2.14. The van der Waals surface area contributed by atoms with Gasteiger partial charge in [-0.2, -0.15) is 0 Å². The molecule has 1 amide bonds. The topological polar surface area (TPSA) is 55.1 Å². The van der Waals surface area contributed by atoms with Gasteiger partial charge in [0.25, 0.3) is 0 Å². The van der Waals surface area contributed by atoms with Crippen molar-refractivity contribution in [2.24, 2.45) is 5.73 Å². The predicted molar refractivity (Wildman–Crippen MR) is 61.4 cm³/mol. The summed E-state index contributed by atoms with van der Waals surface area (Å²) in [5.41, 5.74) is 7.60. The molecule has 15 heavy (non-hydrogen) atoms. The number of carbonyl (C=O) groups excluding carboxylic acids is 1. The fourth-order valence-corrected chi connectivity index (χ4v) is 1.29. The first kappa shape index (κ1) is 11.7. The van der Waals surface area contributed by atoms with Crippen molar-refractivity contribution >= 4 is 5.91 Å². The number of carbonyl (C=O) groups is 1. The average Bonchev–Trinajstić information content (AvgIpc) is 2.26. The van der Waals surface area contributed by atoms with Gasteiger partial charge >= 0.3 is 0 Å². The lowest BCUT2D eigenvalue weighted by Crippen LogP contribution is -2.29. The van der Waals surface area contributed by atoms with E-state index in [0.29, 0.717) is 12.5 Å². The van der Waals surface area contributed by atoms with Crippen LogP contribution < -0.4 is 11.1 Å². The van der Waals surface area contributed by atoms with Gasteiger partial charge < -0.3 is 11.1 Å². The van der Waals surface area contributed by atoms with E-state index in [2.05, 4.69) is 31.3 Å². The Morgan fingerprint density at radius 2 is 1.93 bits per heavy atom. The Hall–Kier alpha value is -1.35. The Labute approximate surface area is 90.7 Å². The molecule has 1 rings (SSSR count). The van der Waals surface area contributed by atoms with Crippen LogP contribution in [0.15, 0.2) is 24.3 Å². The van der Waals surface area contributed by atoms with Gasteiger partial charge in [0.05, 0.1) is 6.54 Å². The van der Waals surface area contributed by atoms with Crippen LogP contribution in [0.2, 0.25) is 0 Å². The smallest absolute Gasteiger partial charge is 0.234 e. The van der Waals surface area contributed by atoms with Gasteiger partial charge in [0.1, 0.15) is 0 Å². The number of benzene rings is 1. The SMILES string of the molecule is CC(C)c1ccc(CNC(=O)CN)cc1. The Kier molecular flexibility index (Phi) is 4.31. The highest BCUT2D eigenvalue weighted by Gasteiger charge is 2.00. The predicted octanol–water partition coefficient (Wildman–Crippen LogP) is 1.38. The standard InChI is InChI=1S/C12H18N2O/c1-9(2)11-5-3-10(4-6-11)8-14-12(15)7-13/h3-6,9H,7-8,13H2,1-2H3,(H,14,15). The van der Waals surface area contributed by atoms with Crippen LogP contribution >= 0.6 is 0 Å². The minimum atomic E-state index is -0.122. The maximum atomic E-state index is 10.9. The van der Waals surface area contributed by atoms with Gasteiger partial charge in [0.15, 0.2) is 0 Å². The molecule has 0 atom stereocenters. The molecule has 0 fully saturated rings. The molecular formula is C12H18N2O. The molecule has 1 aromatic carbocycles. The highest BCUT2D eigenvalue weighted by atomic mass is 16.1. The molecule has 0 heterocycles. The van der Waals surface area contributed by atoms with E-state index in [1.54, 1.807) is 0 Å². The van der Waals surface area contributed by atoms with E-state index < -0.39 is 0 Å². The third-order valence-electron chi connectivity index (χ3n) is 2.32. The zero-order chi connectivity index (χ0) is 11.3. The molecule has 0 spiro atoms. The molecule has 1 aromatic rings. The van der Waals surface area contributed by atoms with Crippen molar-refractivity contribution in [3.63, 3.8) is 0 Å². The fraction of sp³-hybridized carbons (Fsp3) is 0.417. The van der Waals surface area contributed by atoms with Gasteiger partial charge in [-0.1, -0.05) is 38.1 Å². The molecule has 0 aliphatic heterocycles. The first-order chi connectivity index (χ1) is 7.13. The molecule has 0 saturated heterocycles. The third-order valence-corrected chi connectivity index (χ3v) is 2.32. The summed E-state index contributed by atoms with van der Waals surface area (Å²) in [6, 6.07) is 8.25. The van der Waals surface area contributed by atoms with Crippen LogP contribution in [0.25, 0.3) is 0 Å². The van der Waals surface area contributed by atoms with Crippen molar-refractivity contribution in [2.45, 2.75) is 26.3 Å². The largest absolute Gasteiger partial charge is 0.351 e. The van der Waals surface area contributed by atoms with Gasteiger partial charge in [0, 0.05) is 6.54 Å². The summed E-state index contributed by atoms with van der Waals surface area (Å²) in [4.78, 5) is 10.9. The zero-order valence-corrected chi connectivity index (χ0v) is 9.29. The molecule has 0 saturated carbocycles. The summed E-state index contributed by atoms with van der Waals surface area (Å²) >= 11 is 0. The van der Waals surface area contributed by atoms with E-state index >= 15 is 0 Å². The average molecular weight is 206 g/mol. The van der Waals surface area contributed by atoms with E-state index in [0.717, 1.165) is 5.56 Å². The van der Waals surface area contributed by atoms with E-state index in [-0.39, 0.29) is 12.5 Å². The molecule has 0 aliphatic rings. The summed E-state index contributed by atoms with van der Waals surface area (Å²) in [7, 11) is 0. The van der Waals surface area contributed by atoms with Crippen molar-refractivity contribution in [3.05, 3.63) is 35.4 Å². The number of hydrogen-bond acceptors (Lipinski definition) is 2. The van der Waals surface area contributed by atoms with Crippen molar-refractivity contribution < 1.29 is 4.79 Å². The summed E-state index contributed by atoms with van der Waals surface area (Å²) < 4.78 is 0. The first-order valence-electron chi connectivity index (χ1n) is 5.19. The Bertz CT molecular complexity index is 317. The maximum Gasteiger partial charge on any atom is 0.234 e. The number of hydrogen-bond donors (Lipinski definition) is 2. The Morgan fingerprint density at radius 1 is 1.33 bits per heavy atom. The number of nitrogens with two attached hydrogens (primary N) is 1. The van der Waals surface area contributed by atoms with E-state index in [9.17, 15) is 4.79 Å². The normalized spacial score (nSPS) is 10.4. The molecule has 0 aliphatic carbocycles. The molecule has 82 valence electrons. The lowest BCUT2D eigenvalue weighted by Gasteiger charge is -2.07. The van der Waals surface area contributed by atoms with Crippen molar-refractivity contribution in [2.75, 3.05) is 6.54 Å². The van der Waals surface area contributed by atoms with Gasteiger partial charge in [-0.25, -0.2) is 0 Å². The van der Waals surface area contributed by atoms with E-state index in [1.165, 1.54) is 5.56 Å². The van der Waals surface area contributed by atoms with E-state index in [4.69, 9.17) is 5.73 Å². The summed E-state index contributed by atoms with van der Waals surface area (Å²) in [6.07, 6.45) is 0. The van der Waals surface area contributed by atoms with Crippen LogP contribution in [0, 0.1) is 0 Å². The van der Waals surface area contributed by atoms with Crippen molar-refractivity contribution in [3.8, 4) is 0 Å². The zero-order valence-electron chi connectivity index (χ0n) is 9.29. The second-order valence-electron chi connectivity index (χ2n) is 3.88. The molecule has 0 unspecified atom stereocenters. The summed E-state index contributed by atoms with van der Waals surface area (Å²) in [6.45, 7) is 4.91. The monoisotopic (exact) mass is 206 g/mol. The first-order valence-corrected chi connectivity index (χ1v) is 5.19. The minimum absolute atomic E-state index is 0.0457. The number of rotatable bonds is 4. The fourth-order valence-electron chi connectivity index (χ4n) is 1.29. The van der Waals surface area contributed by atoms with Crippen LogP contribution in [0.5, 0.6) is 0 Å². The van der Waals surface area contributed by atoms with Crippen molar-refractivity contribution in [1.82, 2.24) is 5.32 Å². The van der Waals surface area contributed by atoms with Crippen LogP contribution in [0.4, 0.5) is 0 Å². The summed E-state index contributed by atoms with van der Waals surface area (Å²) in [5, 5.41) is 2.73. The number of nitrogens with one attached hydrogen (secondary N) is 1. The minimum Gasteiger partial charge on any atom is -0.351 e. The van der Waals surface area contributed by atoms with Crippen LogP contribution in [-0.2, 0) is 11.3 Å². The number of amides is 1. The molecule has 3 heteroatoms. The van der Waals surface area contributed by atoms with E-state index in [1.807, 2.05) is 12.1 Å². The molecule has 0 radical (unpaired) electrons. The molecule has 0 aromatic heterocycles. The lowest BCUT2D eigenvalue weighted by atomic mass is 10.0. The third kappa shape index (κ3) is 3.72. The van der Waals surface area contributed by atoms with Crippen LogP contribution in [0.3, 0.4) is 0 Å². The maximum absolute atomic E-state index is 10.9. The van der Waals surface area contributed by atoms with Crippen LogP contribution in [0.1, 0.15) is 30.9 Å². The van der Waals surface area contributed by atoms with Gasteiger partial charge in [-0.15, -0.1) is 0 Å².